The molecule has 0 aliphatic heterocycles. The van der Waals surface area contributed by atoms with Crippen molar-refractivity contribution in [1.82, 2.24) is 19.7 Å². The molecule has 2 aromatic rings. The van der Waals surface area contributed by atoms with Crippen molar-refractivity contribution in [3.8, 4) is 0 Å². The summed E-state index contributed by atoms with van der Waals surface area (Å²) in [6, 6.07) is 0. The van der Waals surface area contributed by atoms with Gasteiger partial charge in [-0.05, 0) is 12.3 Å². The highest BCUT2D eigenvalue weighted by atomic mass is 16.5. The number of aryl methyl sites for hydroxylation is 1. The molecule has 0 atom stereocenters. The first-order chi connectivity index (χ1) is 7.74. The second-order valence-corrected chi connectivity index (χ2v) is 4.27. The molecule has 2 rings (SSSR count). The second kappa shape index (κ2) is 4.92. The van der Waals surface area contributed by atoms with Gasteiger partial charge in [0.25, 0.3) is 0 Å². The topological polar surface area (TPSA) is 56.7 Å². The van der Waals surface area contributed by atoms with Crippen LogP contribution in [0, 0.1) is 5.92 Å². The zero-order chi connectivity index (χ0) is 11.4. The average molecular weight is 220 g/mol. The van der Waals surface area contributed by atoms with Crippen molar-refractivity contribution >= 4 is 0 Å². The Morgan fingerprint density at radius 3 is 3.00 bits per heavy atom. The normalized spacial score (nSPS) is 11.2. The molecule has 5 heteroatoms. The Morgan fingerprint density at radius 2 is 2.31 bits per heavy atom. The standard InChI is InChI=1S/C11H16N4O/c1-9(2)3-4-10-13-11(16-14-10)7-15-6-5-12-8-15/h5-6,8-9H,3-4,7H2,1-2H3. The number of imidazole rings is 1. The van der Waals surface area contributed by atoms with Crippen LogP contribution in [0.5, 0.6) is 0 Å². The minimum Gasteiger partial charge on any atom is -0.337 e. The first kappa shape index (κ1) is 10.9. The molecule has 0 aliphatic rings. The fourth-order valence-corrected chi connectivity index (χ4v) is 1.41. The van der Waals surface area contributed by atoms with Crippen molar-refractivity contribution in [3.05, 3.63) is 30.4 Å². The number of hydrogen-bond donors (Lipinski definition) is 0. The van der Waals surface area contributed by atoms with Gasteiger partial charge in [0.1, 0.15) is 6.54 Å². The molecular formula is C11H16N4O. The van der Waals surface area contributed by atoms with Crippen LogP contribution >= 0.6 is 0 Å². The Bertz CT molecular complexity index is 419. The first-order valence-corrected chi connectivity index (χ1v) is 5.51. The summed E-state index contributed by atoms with van der Waals surface area (Å²) in [6.45, 7) is 4.97. The smallest absolute Gasteiger partial charge is 0.246 e. The minimum atomic E-state index is 0.592. The van der Waals surface area contributed by atoms with Crippen LogP contribution in [0.1, 0.15) is 32.0 Å². The third kappa shape index (κ3) is 2.92. The number of hydrogen-bond acceptors (Lipinski definition) is 4. The van der Waals surface area contributed by atoms with E-state index in [9.17, 15) is 0 Å². The molecule has 0 bridgehead atoms. The summed E-state index contributed by atoms with van der Waals surface area (Å²) in [6.07, 6.45) is 7.31. The Kier molecular flexibility index (Phi) is 3.34. The van der Waals surface area contributed by atoms with Crippen molar-refractivity contribution in [2.24, 2.45) is 5.92 Å². The second-order valence-electron chi connectivity index (χ2n) is 4.27. The Balaban J connectivity index is 1.92. The van der Waals surface area contributed by atoms with E-state index in [4.69, 9.17) is 4.52 Å². The van der Waals surface area contributed by atoms with Gasteiger partial charge in [0.2, 0.25) is 5.89 Å². The zero-order valence-electron chi connectivity index (χ0n) is 9.63. The largest absolute Gasteiger partial charge is 0.337 e. The van der Waals surface area contributed by atoms with Crippen LogP contribution in [0.4, 0.5) is 0 Å². The van der Waals surface area contributed by atoms with E-state index in [1.165, 1.54) is 0 Å². The summed E-state index contributed by atoms with van der Waals surface area (Å²) < 4.78 is 7.06. The lowest BCUT2D eigenvalue weighted by Crippen LogP contribution is -1.98. The molecule has 16 heavy (non-hydrogen) atoms. The molecule has 0 saturated heterocycles. The van der Waals surface area contributed by atoms with Gasteiger partial charge in [-0.25, -0.2) is 4.98 Å². The molecule has 5 nitrogen and oxygen atoms in total. The zero-order valence-corrected chi connectivity index (χ0v) is 9.63. The predicted octanol–water partition coefficient (Wildman–Crippen LogP) is 1.90. The summed E-state index contributed by atoms with van der Waals surface area (Å²) in [4.78, 5) is 8.29. The van der Waals surface area contributed by atoms with E-state index < -0.39 is 0 Å². The quantitative estimate of drug-likeness (QED) is 0.772. The predicted molar refractivity (Wildman–Crippen MR) is 58.8 cm³/mol. The summed E-state index contributed by atoms with van der Waals surface area (Å²) in [5.41, 5.74) is 0. The molecule has 86 valence electrons. The molecule has 0 saturated carbocycles. The summed E-state index contributed by atoms with van der Waals surface area (Å²) >= 11 is 0. The monoisotopic (exact) mass is 220 g/mol. The van der Waals surface area contributed by atoms with Gasteiger partial charge in [-0.2, -0.15) is 4.98 Å². The molecule has 0 fully saturated rings. The van der Waals surface area contributed by atoms with Gasteiger partial charge in [0.05, 0.1) is 6.33 Å². The van der Waals surface area contributed by atoms with E-state index in [-0.39, 0.29) is 0 Å². The van der Waals surface area contributed by atoms with Crippen LogP contribution in [0.3, 0.4) is 0 Å². The van der Waals surface area contributed by atoms with Gasteiger partial charge in [-0.1, -0.05) is 19.0 Å². The van der Waals surface area contributed by atoms with Crippen molar-refractivity contribution < 1.29 is 4.52 Å². The fourth-order valence-electron chi connectivity index (χ4n) is 1.41. The van der Waals surface area contributed by atoms with Gasteiger partial charge in [0, 0.05) is 18.8 Å². The molecule has 2 heterocycles. The Labute approximate surface area is 94.5 Å². The molecule has 0 amide bonds. The highest BCUT2D eigenvalue weighted by Gasteiger charge is 2.07. The van der Waals surface area contributed by atoms with Crippen LogP contribution in [0.25, 0.3) is 0 Å². The summed E-state index contributed by atoms with van der Waals surface area (Å²) in [5.74, 6) is 2.09. The lowest BCUT2D eigenvalue weighted by Gasteiger charge is -1.98. The highest BCUT2D eigenvalue weighted by molar-refractivity contribution is 4.89. The van der Waals surface area contributed by atoms with Gasteiger partial charge in [-0.3, -0.25) is 0 Å². The lowest BCUT2D eigenvalue weighted by atomic mass is 10.1. The Hall–Kier alpha value is -1.65. The van der Waals surface area contributed by atoms with Crippen LogP contribution in [-0.2, 0) is 13.0 Å². The van der Waals surface area contributed by atoms with Crippen LogP contribution < -0.4 is 0 Å². The Morgan fingerprint density at radius 1 is 1.44 bits per heavy atom. The van der Waals surface area contributed by atoms with Gasteiger partial charge < -0.3 is 9.09 Å². The molecular weight excluding hydrogens is 204 g/mol. The summed E-state index contributed by atoms with van der Waals surface area (Å²) in [7, 11) is 0. The fraction of sp³-hybridized carbons (Fsp3) is 0.545. The molecule has 0 aliphatic carbocycles. The third-order valence-electron chi connectivity index (χ3n) is 2.33. The minimum absolute atomic E-state index is 0.592. The molecule has 0 spiro atoms. The average Bonchev–Trinajstić information content (AvgIpc) is 2.87. The van der Waals surface area contributed by atoms with Gasteiger partial charge >= 0.3 is 0 Å². The number of aromatic nitrogens is 4. The van der Waals surface area contributed by atoms with Crippen molar-refractivity contribution in [2.45, 2.75) is 33.2 Å². The molecule has 0 aromatic carbocycles. The van der Waals surface area contributed by atoms with Crippen molar-refractivity contribution in [2.75, 3.05) is 0 Å². The highest BCUT2D eigenvalue weighted by Crippen LogP contribution is 2.07. The van der Waals surface area contributed by atoms with E-state index >= 15 is 0 Å². The van der Waals surface area contributed by atoms with E-state index in [2.05, 4.69) is 29.0 Å². The molecule has 0 unspecified atom stereocenters. The maximum Gasteiger partial charge on any atom is 0.246 e. The van der Waals surface area contributed by atoms with E-state index in [1.807, 2.05) is 10.8 Å². The van der Waals surface area contributed by atoms with E-state index in [0.29, 0.717) is 18.4 Å². The summed E-state index contributed by atoms with van der Waals surface area (Å²) in [5, 5.41) is 3.95. The molecule has 0 N–H and O–H groups in total. The number of rotatable bonds is 5. The molecule has 2 aromatic heterocycles. The van der Waals surface area contributed by atoms with Crippen LogP contribution in [0.2, 0.25) is 0 Å². The first-order valence-electron chi connectivity index (χ1n) is 5.51. The lowest BCUT2D eigenvalue weighted by molar-refractivity contribution is 0.365. The van der Waals surface area contributed by atoms with Crippen LogP contribution in [-0.4, -0.2) is 19.7 Å². The third-order valence-corrected chi connectivity index (χ3v) is 2.33. The maximum absolute atomic E-state index is 5.16. The number of nitrogens with zero attached hydrogens (tertiary/aromatic N) is 4. The van der Waals surface area contributed by atoms with Crippen molar-refractivity contribution in [3.63, 3.8) is 0 Å². The van der Waals surface area contributed by atoms with Gasteiger partial charge in [0.15, 0.2) is 5.82 Å². The van der Waals surface area contributed by atoms with E-state index in [0.717, 1.165) is 18.7 Å². The van der Waals surface area contributed by atoms with Gasteiger partial charge in [-0.15, -0.1) is 0 Å². The molecule has 0 radical (unpaired) electrons. The van der Waals surface area contributed by atoms with Crippen molar-refractivity contribution in [1.29, 1.82) is 0 Å². The maximum atomic E-state index is 5.16. The van der Waals surface area contributed by atoms with Crippen LogP contribution in [0.15, 0.2) is 23.2 Å². The SMILES string of the molecule is CC(C)CCc1noc(Cn2ccnc2)n1. The van der Waals surface area contributed by atoms with E-state index in [1.54, 1.807) is 12.5 Å².